The summed E-state index contributed by atoms with van der Waals surface area (Å²) in [6, 6.07) is -1.06. The Hall–Kier alpha value is -3.22. The van der Waals surface area contributed by atoms with Gasteiger partial charge in [-0.25, -0.2) is 9.36 Å². The van der Waals surface area contributed by atoms with E-state index in [0.717, 1.165) is 6.54 Å². The second-order valence-electron chi connectivity index (χ2n) is 11.0. The number of alkyl carbamates (subject to hydrolysis) is 1. The number of methoxy groups -OCH3 is 1. The van der Waals surface area contributed by atoms with Gasteiger partial charge in [0.2, 0.25) is 5.91 Å². The molecule has 2 rings (SSSR count). The van der Waals surface area contributed by atoms with Crippen LogP contribution in [0.5, 0.6) is 0 Å². The van der Waals surface area contributed by atoms with Crippen molar-refractivity contribution in [2.45, 2.75) is 84.5 Å². The first-order chi connectivity index (χ1) is 17.2. The zero-order valence-corrected chi connectivity index (χ0v) is 22.6. The summed E-state index contributed by atoms with van der Waals surface area (Å²) in [5.74, 6) is -0.873. The lowest BCUT2D eigenvalue weighted by Crippen LogP contribution is -2.53. The van der Waals surface area contributed by atoms with E-state index >= 15 is 0 Å². The molecule has 2 N–H and O–H groups in total. The van der Waals surface area contributed by atoms with Gasteiger partial charge in [0.1, 0.15) is 24.0 Å². The van der Waals surface area contributed by atoms with Crippen molar-refractivity contribution < 1.29 is 28.8 Å². The highest BCUT2D eigenvalue weighted by Crippen LogP contribution is 2.30. The molecule has 0 unspecified atom stereocenters. The van der Waals surface area contributed by atoms with Crippen molar-refractivity contribution in [3.05, 3.63) is 22.5 Å². The van der Waals surface area contributed by atoms with Crippen molar-refractivity contribution >= 4 is 23.9 Å². The number of likely N-dealkylation sites (tertiary alicyclic amines) is 1. The predicted molar refractivity (Wildman–Crippen MR) is 135 cm³/mol. The standard InChI is InChI=1S/C24H40N6O7/c1-23(2,3)37-22(33)26-17(9-7-13-29-14-11-25-21(29)30(34)35)20(32)27-18-15-28(16-24(18,4)5)12-8-10-19(31)36-6/h11,14,17-18H,7-10,12-13,15-16H2,1-6H3,(H,26,33)(H,27,32)/t17-,18-/m0/s1. The van der Waals surface area contributed by atoms with E-state index in [4.69, 9.17) is 9.47 Å². The summed E-state index contributed by atoms with van der Waals surface area (Å²) in [5.41, 5.74) is -0.963. The van der Waals surface area contributed by atoms with Crippen LogP contribution >= 0.6 is 0 Å². The molecular formula is C24H40N6O7. The van der Waals surface area contributed by atoms with Crippen LogP contribution < -0.4 is 10.6 Å². The first kappa shape index (κ1) is 30.0. The van der Waals surface area contributed by atoms with Crippen LogP contribution in [0.3, 0.4) is 0 Å². The van der Waals surface area contributed by atoms with Crippen LogP contribution in [0, 0.1) is 15.5 Å². The number of aryl methyl sites for hydroxylation is 1. The van der Waals surface area contributed by atoms with Crippen molar-refractivity contribution in [1.29, 1.82) is 0 Å². The molecule has 1 aromatic rings. The summed E-state index contributed by atoms with van der Waals surface area (Å²) in [4.78, 5) is 53.7. The maximum absolute atomic E-state index is 13.3. The molecule has 0 saturated carbocycles. The fourth-order valence-corrected chi connectivity index (χ4v) is 4.32. The van der Waals surface area contributed by atoms with Crippen molar-refractivity contribution in [1.82, 2.24) is 25.1 Å². The molecule has 208 valence electrons. The van der Waals surface area contributed by atoms with Crippen molar-refractivity contribution in [2.24, 2.45) is 5.41 Å². The van der Waals surface area contributed by atoms with Crippen molar-refractivity contribution in [2.75, 3.05) is 26.7 Å². The molecule has 1 fully saturated rings. The first-order valence-corrected chi connectivity index (χ1v) is 12.5. The van der Waals surface area contributed by atoms with Crippen molar-refractivity contribution in [3.8, 4) is 0 Å². The lowest BCUT2D eigenvalue weighted by molar-refractivity contribution is -0.396. The maximum Gasteiger partial charge on any atom is 0.434 e. The Balaban J connectivity index is 2.02. The number of ether oxygens (including phenoxy) is 2. The molecule has 2 heterocycles. The van der Waals surface area contributed by atoms with Crippen LogP contribution in [-0.4, -0.2) is 81.8 Å². The highest BCUT2D eigenvalue weighted by atomic mass is 16.6. The number of nitrogens with zero attached hydrogens (tertiary/aromatic N) is 4. The van der Waals surface area contributed by atoms with Gasteiger partial charge in [-0.15, -0.1) is 0 Å². The Morgan fingerprint density at radius 3 is 2.59 bits per heavy atom. The number of carbonyl (C=O) groups excluding carboxylic acids is 3. The second-order valence-corrected chi connectivity index (χ2v) is 11.0. The maximum atomic E-state index is 13.3. The molecule has 0 spiro atoms. The summed E-state index contributed by atoms with van der Waals surface area (Å²) >= 11 is 0. The minimum absolute atomic E-state index is 0.171. The third-order valence-electron chi connectivity index (χ3n) is 6.17. The Kier molecular flexibility index (Phi) is 10.4. The molecule has 13 nitrogen and oxygen atoms in total. The van der Waals surface area contributed by atoms with E-state index in [0.29, 0.717) is 32.4 Å². The Bertz CT molecular complexity index is 956. The second kappa shape index (κ2) is 12.8. The summed E-state index contributed by atoms with van der Waals surface area (Å²) < 4.78 is 11.4. The molecule has 1 aromatic heterocycles. The minimum Gasteiger partial charge on any atom is -0.469 e. The van der Waals surface area contributed by atoms with E-state index < -0.39 is 22.7 Å². The van der Waals surface area contributed by atoms with E-state index in [9.17, 15) is 24.5 Å². The summed E-state index contributed by atoms with van der Waals surface area (Å²) in [5, 5.41) is 16.9. The SMILES string of the molecule is COC(=O)CCCN1C[C@H](NC(=O)[C@H](CCCn2ccnc2[N+](=O)[O-])NC(=O)OC(C)(C)C)C(C)(C)C1. The number of amides is 2. The number of carbonyl (C=O) groups is 3. The van der Waals surface area contributed by atoms with Gasteiger partial charge in [-0.05, 0) is 56.9 Å². The number of esters is 1. The zero-order chi connectivity index (χ0) is 27.8. The van der Waals surface area contributed by atoms with E-state index in [1.807, 2.05) is 0 Å². The number of aromatic nitrogens is 2. The first-order valence-electron chi connectivity index (χ1n) is 12.5. The minimum atomic E-state index is -0.887. The largest absolute Gasteiger partial charge is 0.469 e. The van der Waals surface area contributed by atoms with Crippen LogP contribution in [0.2, 0.25) is 0 Å². The van der Waals surface area contributed by atoms with Crippen LogP contribution in [0.1, 0.15) is 60.3 Å². The van der Waals surface area contributed by atoms with Gasteiger partial charge < -0.3 is 35.1 Å². The Morgan fingerprint density at radius 2 is 1.97 bits per heavy atom. The average molecular weight is 525 g/mol. The molecule has 0 aromatic carbocycles. The van der Waals surface area contributed by atoms with Crippen LogP contribution in [0.15, 0.2) is 12.4 Å². The Morgan fingerprint density at radius 1 is 1.27 bits per heavy atom. The third-order valence-corrected chi connectivity index (χ3v) is 6.17. The molecule has 37 heavy (non-hydrogen) atoms. The average Bonchev–Trinajstić information content (AvgIpc) is 3.35. The van der Waals surface area contributed by atoms with Crippen LogP contribution in [0.25, 0.3) is 0 Å². The molecule has 1 saturated heterocycles. The lowest BCUT2D eigenvalue weighted by Gasteiger charge is -2.29. The normalized spacial score (nSPS) is 18.2. The number of nitro groups is 1. The Labute approximate surface area is 217 Å². The smallest absolute Gasteiger partial charge is 0.434 e. The zero-order valence-electron chi connectivity index (χ0n) is 22.6. The van der Waals surface area contributed by atoms with E-state index in [2.05, 4.69) is 34.4 Å². The molecule has 0 radical (unpaired) electrons. The molecule has 2 atom stereocenters. The molecule has 0 bridgehead atoms. The van der Waals surface area contributed by atoms with E-state index in [-0.39, 0.29) is 42.2 Å². The van der Waals surface area contributed by atoms with Gasteiger partial charge in [-0.3, -0.25) is 9.59 Å². The van der Waals surface area contributed by atoms with Crippen molar-refractivity contribution in [3.63, 3.8) is 0 Å². The fraction of sp³-hybridized carbons (Fsp3) is 0.750. The van der Waals surface area contributed by atoms with E-state index in [1.165, 1.54) is 24.1 Å². The molecule has 13 heteroatoms. The summed E-state index contributed by atoms with van der Waals surface area (Å²) in [6.07, 6.45) is 3.77. The fourth-order valence-electron chi connectivity index (χ4n) is 4.32. The third kappa shape index (κ3) is 9.63. The summed E-state index contributed by atoms with van der Waals surface area (Å²) in [6.45, 7) is 11.6. The molecule has 0 aliphatic carbocycles. The predicted octanol–water partition coefficient (Wildman–Crippen LogP) is 2.24. The van der Waals surface area contributed by atoms with Gasteiger partial charge in [0.05, 0.1) is 13.7 Å². The molecule has 1 aliphatic heterocycles. The molecule has 2 amide bonds. The van der Waals surface area contributed by atoms with Gasteiger partial charge in [0, 0.05) is 25.6 Å². The number of imidazole rings is 1. The van der Waals surface area contributed by atoms with Crippen LogP contribution in [0.4, 0.5) is 10.7 Å². The van der Waals surface area contributed by atoms with Gasteiger partial charge >= 0.3 is 18.0 Å². The number of rotatable bonds is 12. The molecule has 1 aliphatic rings. The topological polar surface area (TPSA) is 158 Å². The number of hydrogen-bond donors (Lipinski definition) is 2. The lowest BCUT2D eigenvalue weighted by atomic mass is 9.87. The van der Waals surface area contributed by atoms with Crippen LogP contribution in [-0.2, 0) is 25.6 Å². The van der Waals surface area contributed by atoms with Gasteiger partial charge in [0.25, 0.3) is 0 Å². The quantitative estimate of drug-likeness (QED) is 0.238. The highest BCUT2D eigenvalue weighted by Gasteiger charge is 2.41. The van der Waals surface area contributed by atoms with E-state index in [1.54, 1.807) is 20.8 Å². The molecular weight excluding hydrogens is 484 g/mol. The van der Waals surface area contributed by atoms with Gasteiger partial charge in [-0.2, -0.15) is 0 Å². The summed E-state index contributed by atoms with van der Waals surface area (Å²) in [7, 11) is 1.37. The van der Waals surface area contributed by atoms with Gasteiger partial charge in [-0.1, -0.05) is 18.8 Å². The number of nitrogens with one attached hydrogen (secondary N) is 2. The highest BCUT2D eigenvalue weighted by molar-refractivity contribution is 5.86. The monoisotopic (exact) mass is 524 g/mol. The number of hydrogen-bond acceptors (Lipinski definition) is 9. The van der Waals surface area contributed by atoms with Gasteiger partial charge in [0.15, 0.2) is 0 Å².